The molecule has 2 aliphatic rings. The van der Waals surface area contributed by atoms with Crippen molar-refractivity contribution in [3.8, 4) is 0 Å². The molecule has 152 valence electrons. The maximum Gasteiger partial charge on any atom is 0.323 e. The molecule has 3 unspecified atom stereocenters. The van der Waals surface area contributed by atoms with Crippen LogP contribution in [0, 0.1) is 23.0 Å². The molecule has 8 heteroatoms. The van der Waals surface area contributed by atoms with Crippen molar-refractivity contribution >= 4 is 23.3 Å². The van der Waals surface area contributed by atoms with Crippen molar-refractivity contribution in [1.82, 2.24) is 4.90 Å². The number of ether oxygens (including phenoxy) is 1. The summed E-state index contributed by atoms with van der Waals surface area (Å²) in [5.41, 5.74) is 0.857. The van der Waals surface area contributed by atoms with Crippen LogP contribution in [-0.4, -0.2) is 47.4 Å². The summed E-state index contributed by atoms with van der Waals surface area (Å²) in [6, 6.07) is 4.67. The van der Waals surface area contributed by atoms with Crippen LogP contribution in [0.2, 0.25) is 0 Å². The fraction of sp³-hybridized carbons (Fsp3) is 0.600. The molecule has 1 aromatic rings. The zero-order valence-corrected chi connectivity index (χ0v) is 16.3. The number of benzene rings is 1. The van der Waals surface area contributed by atoms with Gasteiger partial charge in [-0.25, -0.2) is 0 Å². The number of likely N-dealkylation sites (tertiary alicyclic amines) is 1. The third-order valence-corrected chi connectivity index (χ3v) is 6.07. The second-order valence-corrected chi connectivity index (χ2v) is 7.63. The summed E-state index contributed by atoms with van der Waals surface area (Å²) in [6.45, 7) is 2.09. The van der Waals surface area contributed by atoms with Gasteiger partial charge in [0.1, 0.15) is 6.04 Å². The van der Waals surface area contributed by atoms with E-state index in [9.17, 15) is 19.7 Å². The van der Waals surface area contributed by atoms with Crippen molar-refractivity contribution in [3.63, 3.8) is 0 Å². The van der Waals surface area contributed by atoms with Crippen molar-refractivity contribution in [2.45, 2.75) is 57.5 Å². The van der Waals surface area contributed by atoms with Crippen LogP contribution in [0.5, 0.6) is 0 Å². The number of hydrogen-bond donors (Lipinski definition) is 1. The third kappa shape index (κ3) is 4.16. The fourth-order valence-corrected chi connectivity index (χ4v) is 4.64. The van der Waals surface area contributed by atoms with Gasteiger partial charge in [0.2, 0.25) is 5.91 Å². The van der Waals surface area contributed by atoms with E-state index in [0.717, 1.165) is 25.7 Å². The van der Waals surface area contributed by atoms with Gasteiger partial charge in [0.15, 0.2) is 0 Å². The highest BCUT2D eigenvalue weighted by atomic mass is 16.6. The van der Waals surface area contributed by atoms with Crippen LogP contribution in [0.4, 0.5) is 11.4 Å². The quantitative estimate of drug-likeness (QED) is 0.456. The van der Waals surface area contributed by atoms with E-state index in [0.29, 0.717) is 29.8 Å². The van der Waals surface area contributed by atoms with Gasteiger partial charge in [0.05, 0.1) is 23.3 Å². The number of carbonyl (C=O) groups excluding carboxylic acids is 2. The van der Waals surface area contributed by atoms with E-state index in [1.165, 1.54) is 19.6 Å². The highest BCUT2D eigenvalue weighted by Crippen LogP contribution is 2.40. The number of fused-ring (bicyclic) bond motifs is 1. The van der Waals surface area contributed by atoms with Gasteiger partial charge >= 0.3 is 5.97 Å². The Morgan fingerprint density at radius 2 is 2.07 bits per heavy atom. The molecule has 3 atom stereocenters. The topological polar surface area (TPSA) is 102 Å². The minimum atomic E-state index is -0.459. The first-order valence-electron chi connectivity index (χ1n) is 9.79. The molecule has 1 heterocycles. The number of rotatable bonds is 6. The first-order valence-corrected chi connectivity index (χ1v) is 9.79. The maximum absolute atomic E-state index is 12.5. The minimum Gasteiger partial charge on any atom is -0.468 e. The lowest BCUT2D eigenvalue weighted by Gasteiger charge is -2.33. The number of hydrogen-bond acceptors (Lipinski definition) is 6. The SMILES string of the molecule is COC(=O)C1CC2CCCCC2N1CCC(=O)Nc1cccc([N+](=O)[O-])c1C. The van der Waals surface area contributed by atoms with Crippen molar-refractivity contribution in [3.05, 3.63) is 33.9 Å². The van der Waals surface area contributed by atoms with Crippen LogP contribution in [-0.2, 0) is 14.3 Å². The molecule has 1 saturated carbocycles. The summed E-state index contributed by atoms with van der Waals surface area (Å²) in [5.74, 6) is 0.0377. The predicted octanol–water partition coefficient (Wildman–Crippen LogP) is 3.04. The summed E-state index contributed by atoms with van der Waals surface area (Å²) >= 11 is 0. The fourth-order valence-electron chi connectivity index (χ4n) is 4.64. The summed E-state index contributed by atoms with van der Waals surface area (Å²) < 4.78 is 4.98. The molecule has 0 bridgehead atoms. The monoisotopic (exact) mass is 389 g/mol. The van der Waals surface area contributed by atoms with Crippen molar-refractivity contribution in [2.24, 2.45) is 5.92 Å². The number of nitro groups is 1. The highest BCUT2D eigenvalue weighted by molar-refractivity contribution is 5.92. The van der Waals surface area contributed by atoms with Crippen molar-refractivity contribution in [2.75, 3.05) is 19.0 Å². The van der Waals surface area contributed by atoms with Gasteiger partial charge in [-0.1, -0.05) is 18.9 Å². The zero-order chi connectivity index (χ0) is 20.3. The molecular formula is C20H27N3O5. The minimum absolute atomic E-state index is 0.0202. The number of nitro benzene ring substituents is 1. The van der Waals surface area contributed by atoms with E-state index >= 15 is 0 Å². The van der Waals surface area contributed by atoms with Gasteiger partial charge in [-0.05, 0) is 38.2 Å². The van der Waals surface area contributed by atoms with Gasteiger partial charge < -0.3 is 10.1 Å². The molecule has 0 radical (unpaired) electrons. The largest absolute Gasteiger partial charge is 0.468 e. The number of nitrogens with one attached hydrogen (secondary N) is 1. The first kappa shape index (κ1) is 20.3. The lowest BCUT2D eigenvalue weighted by molar-refractivity contribution is -0.385. The zero-order valence-electron chi connectivity index (χ0n) is 16.3. The van der Waals surface area contributed by atoms with Crippen LogP contribution in [0.1, 0.15) is 44.1 Å². The molecule has 1 amide bonds. The molecule has 0 aromatic heterocycles. The van der Waals surface area contributed by atoms with E-state index < -0.39 is 4.92 Å². The lowest BCUT2D eigenvalue weighted by Crippen LogP contribution is -2.44. The van der Waals surface area contributed by atoms with Crippen LogP contribution < -0.4 is 5.32 Å². The first-order chi connectivity index (χ1) is 13.4. The van der Waals surface area contributed by atoms with Gasteiger partial charge in [-0.15, -0.1) is 0 Å². The Morgan fingerprint density at radius 1 is 1.32 bits per heavy atom. The van der Waals surface area contributed by atoms with E-state index in [4.69, 9.17) is 4.74 Å². The van der Waals surface area contributed by atoms with E-state index in [1.54, 1.807) is 19.1 Å². The molecule has 8 nitrogen and oxygen atoms in total. The predicted molar refractivity (Wildman–Crippen MR) is 104 cm³/mol. The van der Waals surface area contributed by atoms with Crippen LogP contribution in [0.3, 0.4) is 0 Å². The molecule has 0 spiro atoms. The van der Waals surface area contributed by atoms with Gasteiger partial charge in [-0.3, -0.25) is 24.6 Å². The Bertz CT molecular complexity index is 766. The summed E-state index contributed by atoms with van der Waals surface area (Å²) in [5, 5.41) is 13.8. The smallest absolute Gasteiger partial charge is 0.323 e. The molecule has 3 rings (SSSR count). The van der Waals surface area contributed by atoms with E-state index in [2.05, 4.69) is 10.2 Å². The average molecular weight is 389 g/mol. The van der Waals surface area contributed by atoms with Crippen LogP contribution >= 0.6 is 0 Å². The number of amides is 1. The highest BCUT2D eigenvalue weighted by Gasteiger charge is 2.45. The van der Waals surface area contributed by atoms with E-state index in [1.807, 2.05) is 0 Å². The Balaban J connectivity index is 1.65. The second kappa shape index (κ2) is 8.68. The Morgan fingerprint density at radius 3 is 2.79 bits per heavy atom. The number of anilines is 1. The van der Waals surface area contributed by atoms with Gasteiger partial charge in [-0.2, -0.15) is 0 Å². The molecule has 1 saturated heterocycles. The summed E-state index contributed by atoms with van der Waals surface area (Å²) in [6.07, 6.45) is 5.51. The number of nitrogens with zero attached hydrogens (tertiary/aromatic N) is 2. The Hall–Kier alpha value is -2.48. The maximum atomic E-state index is 12.5. The molecule has 1 aromatic carbocycles. The molecule has 1 aliphatic heterocycles. The number of methoxy groups -OCH3 is 1. The second-order valence-electron chi connectivity index (χ2n) is 7.63. The summed E-state index contributed by atoms with van der Waals surface area (Å²) in [7, 11) is 1.40. The number of carbonyl (C=O) groups is 2. The standard InChI is InChI=1S/C20H27N3O5/c1-13-15(7-5-9-16(13)23(26)27)21-19(24)10-11-22-17-8-4-3-6-14(17)12-18(22)20(25)28-2/h5,7,9,14,17-18H,3-4,6,8,10-12H2,1-2H3,(H,21,24). The Kier molecular flexibility index (Phi) is 6.28. The molecular weight excluding hydrogens is 362 g/mol. The molecule has 1 N–H and O–H groups in total. The normalized spacial score (nSPS) is 24.4. The van der Waals surface area contributed by atoms with Crippen molar-refractivity contribution < 1.29 is 19.2 Å². The number of esters is 1. The Labute approximate surface area is 164 Å². The van der Waals surface area contributed by atoms with Crippen LogP contribution in [0.15, 0.2) is 18.2 Å². The average Bonchev–Trinajstić information content (AvgIpc) is 3.05. The van der Waals surface area contributed by atoms with Gasteiger partial charge in [0, 0.05) is 25.1 Å². The molecule has 28 heavy (non-hydrogen) atoms. The lowest BCUT2D eigenvalue weighted by atomic mass is 9.85. The molecule has 2 fully saturated rings. The van der Waals surface area contributed by atoms with Crippen molar-refractivity contribution in [1.29, 1.82) is 0 Å². The molecule has 1 aliphatic carbocycles. The summed E-state index contributed by atoms with van der Waals surface area (Å²) in [4.78, 5) is 37.4. The third-order valence-electron chi connectivity index (χ3n) is 6.07. The van der Waals surface area contributed by atoms with Crippen LogP contribution in [0.25, 0.3) is 0 Å². The van der Waals surface area contributed by atoms with Gasteiger partial charge in [0.25, 0.3) is 5.69 Å². The van der Waals surface area contributed by atoms with E-state index in [-0.39, 0.29) is 30.0 Å².